The number of methoxy groups -OCH3 is 1. The van der Waals surface area contributed by atoms with Gasteiger partial charge in [-0.15, -0.1) is 10.2 Å². The van der Waals surface area contributed by atoms with Crippen LogP contribution in [0.1, 0.15) is 41.2 Å². The SMILES string of the molecule is CCC(C(=O)Nc1ccc(C(=O)NC)c(F)c1)n1cc(OC)c(-c2cc(Cl)ccc2-c2nnc(C(F)F)s2)cc1=O. The Balaban J connectivity index is 1.72. The van der Waals surface area contributed by atoms with Crippen molar-refractivity contribution >= 4 is 40.4 Å². The molecule has 0 radical (unpaired) electrons. The molecule has 9 nitrogen and oxygen atoms in total. The first-order valence-electron chi connectivity index (χ1n) is 12.1. The highest BCUT2D eigenvalue weighted by atomic mass is 35.5. The van der Waals surface area contributed by atoms with Crippen LogP contribution in [0.2, 0.25) is 5.02 Å². The third-order valence-electron chi connectivity index (χ3n) is 6.13. The Labute approximate surface area is 240 Å². The zero-order valence-electron chi connectivity index (χ0n) is 21.9. The van der Waals surface area contributed by atoms with Crippen LogP contribution in [0.3, 0.4) is 0 Å². The summed E-state index contributed by atoms with van der Waals surface area (Å²) in [5.41, 5.74) is 0.427. The van der Waals surface area contributed by atoms with Gasteiger partial charge in [-0.2, -0.15) is 0 Å². The molecule has 0 aliphatic rings. The van der Waals surface area contributed by atoms with Gasteiger partial charge in [0.1, 0.15) is 22.6 Å². The molecule has 0 bridgehead atoms. The van der Waals surface area contributed by atoms with Gasteiger partial charge >= 0.3 is 0 Å². The number of nitrogens with zero attached hydrogens (tertiary/aromatic N) is 3. The zero-order chi connectivity index (χ0) is 29.8. The van der Waals surface area contributed by atoms with Crippen LogP contribution in [0.15, 0.2) is 53.5 Å². The molecular weight excluding hydrogens is 583 g/mol. The molecule has 0 fully saturated rings. The number of ether oxygens (including phenoxy) is 1. The van der Waals surface area contributed by atoms with Crippen molar-refractivity contribution in [1.82, 2.24) is 20.1 Å². The molecule has 4 rings (SSSR count). The summed E-state index contributed by atoms with van der Waals surface area (Å²) in [6.07, 6.45) is -1.25. The van der Waals surface area contributed by atoms with Gasteiger partial charge in [-0.3, -0.25) is 19.0 Å². The Bertz CT molecular complexity index is 1680. The molecule has 4 aromatic rings. The molecule has 14 heteroatoms. The van der Waals surface area contributed by atoms with Crippen molar-refractivity contribution in [2.75, 3.05) is 19.5 Å². The Morgan fingerprint density at radius 1 is 1.10 bits per heavy atom. The number of anilines is 1. The maximum Gasteiger partial charge on any atom is 0.291 e. The Hall–Kier alpha value is -4.23. The second-order valence-electron chi connectivity index (χ2n) is 8.62. The Morgan fingerprint density at radius 2 is 1.85 bits per heavy atom. The zero-order valence-corrected chi connectivity index (χ0v) is 23.4. The number of carbonyl (C=O) groups excluding carboxylic acids is 2. The molecule has 2 N–H and O–H groups in total. The van der Waals surface area contributed by atoms with Gasteiger partial charge in [0, 0.05) is 35.0 Å². The number of aromatic nitrogens is 3. The summed E-state index contributed by atoms with van der Waals surface area (Å²) in [4.78, 5) is 38.3. The second-order valence-corrected chi connectivity index (χ2v) is 10.1. The fourth-order valence-electron chi connectivity index (χ4n) is 4.15. The average molecular weight is 606 g/mol. The highest BCUT2D eigenvalue weighted by molar-refractivity contribution is 7.14. The number of pyridine rings is 1. The fraction of sp³-hybridized carbons (Fsp3) is 0.222. The van der Waals surface area contributed by atoms with Crippen molar-refractivity contribution in [1.29, 1.82) is 0 Å². The van der Waals surface area contributed by atoms with Crippen molar-refractivity contribution in [2.45, 2.75) is 25.8 Å². The van der Waals surface area contributed by atoms with Crippen LogP contribution in [0.4, 0.5) is 18.9 Å². The lowest BCUT2D eigenvalue weighted by molar-refractivity contribution is -0.119. The molecule has 2 amide bonds. The number of rotatable bonds is 9. The number of benzene rings is 2. The summed E-state index contributed by atoms with van der Waals surface area (Å²) in [5, 5.41) is 12.4. The summed E-state index contributed by atoms with van der Waals surface area (Å²) in [6, 6.07) is 8.53. The first-order chi connectivity index (χ1) is 19.6. The molecule has 2 heterocycles. The van der Waals surface area contributed by atoms with Gasteiger partial charge in [-0.25, -0.2) is 13.2 Å². The van der Waals surface area contributed by atoms with E-state index in [1.165, 1.54) is 43.1 Å². The van der Waals surface area contributed by atoms with Crippen LogP contribution >= 0.6 is 22.9 Å². The largest absolute Gasteiger partial charge is 0.495 e. The second kappa shape index (κ2) is 12.5. The van der Waals surface area contributed by atoms with E-state index in [-0.39, 0.29) is 28.4 Å². The minimum Gasteiger partial charge on any atom is -0.495 e. The molecule has 1 unspecified atom stereocenters. The first-order valence-corrected chi connectivity index (χ1v) is 13.3. The van der Waals surface area contributed by atoms with Crippen LogP contribution in [-0.4, -0.2) is 40.7 Å². The molecule has 0 spiro atoms. The topological polar surface area (TPSA) is 115 Å². The maximum absolute atomic E-state index is 14.4. The number of carbonyl (C=O) groups is 2. The van der Waals surface area contributed by atoms with Gasteiger partial charge in [0.2, 0.25) is 5.91 Å². The lowest BCUT2D eigenvalue weighted by atomic mass is 9.99. The summed E-state index contributed by atoms with van der Waals surface area (Å²) in [5.74, 6) is -1.85. The number of alkyl halides is 2. The normalized spacial score (nSPS) is 11.8. The van der Waals surface area contributed by atoms with E-state index in [0.29, 0.717) is 33.0 Å². The molecule has 0 aliphatic heterocycles. The van der Waals surface area contributed by atoms with Crippen LogP contribution in [0.25, 0.3) is 21.7 Å². The molecule has 0 saturated heterocycles. The lowest BCUT2D eigenvalue weighted by Crippen LogP contribution is -2.32. The van der Waals surface area contributed by atoms with Gasteiger partial charge < -0.3 is 15.4 Å². The standard InChI is InChI=1S/C27H23ClF3N5O4S/c1-4-20(25(39)33-14-6-8-16(19(29)10-14)24(38)32-2)36-12-21(40-3)18(11-22(36)37)17-9-13(28)5-7-15(17)26-34-35-27(41-26)23(30)31/h5-12,20,23H,4H2,1-3H3,(H,32,38)(H,33,39). The van der Waals surface area contributed by atoms with E-state index in [2.05, 4.69) is 20.8 Å². The van der Waals surface area contributed by atoms with Gasteiger partial charge in [0.25, 0.3) is 17.9 Å². The average Bonchev–Trinajstić information content (AvgIpc) is 3.44. The van der Waals surface area contributed by atoms with Crippen molar-refractivity contribution in [3.05, 3.63) is 80.4 Å². The number of amides is 2. The van der Waals surface area contributed by atoms with Crippen LogP contribution < -0.4 is 20.9 Å². The lowest BCUT2D eigenvalue weighted by Gasteiger charge is -2.20. The van der Waals surface area contributed by atoms with Crippen LogP contribution in [0.5, 0.6) is 5.75 Å². The summed E-state index contributed by atoms with van der Waals surface area (Å²) in [7, 11) is 2.74. The molecule has 1 atom stereocenters. The summed E-state index contributed by atoms with van der Waals surface area (Å²) in [6.45, 7) is 1.69. The minimum atomic E-state index is -2.79. The van der Waals surface area contributed by atoms with Crippen molar-refractivity contribution in [3.63, 3.8) is 0 Å². The van der Waals surface area contributed by atoms with E-state index < -0.39 is 40.7 Å². The predicted octanol–water partition coefficient (Wildman–Crippen LogP) is 5.72. The fourth-order valence-corrected chi connectivity index (χ4v) is 5.06. The monoisotopic (exact) mass is 605 g/mol. The van der Waals surface area contributed by atoms with Crippen molar-refractivity contribution < 1.29 is 27.5 Å². The molecule has 0 saturated carbocycles. The van der Waals surface area contributed by atoms with E-state index in [0.717, 1.165) is 6.07 Å². The third kappa shape index (κ3) is 6.25. The van der Waals surface area contributed by atoms with E-state index in [1.807, 2.05) is 0 Å². The van der Waals surface area contributed by atoms with Gasteiger partial charge in [-0.05, 0) is 48.4 Å². The van der Waals surface area contributed by atoms with E-state index in [4.69, 9.17) is 16.3 Å². The highest BCUT2D eigenvalue weighted by Crippen LogP contribution is 2.40. The Kier molecular flexibility index (Phi) is 9.08. The number of hydrogen-bond donors (Lipinski definition) is 2. The van der Waals surface area contributed by atoms with Gasteiger partial charge in [-0.1, -0.05) is 29.9 Å². The highest BCUT2D eigenvalue weighted by Gasteiger charge is 2.24. The minimum absolute atomic E-state index is 0.0963. The summed E-state index contributed by atoms with van der Waals surface area (Å²) < 4.78 is 47.4. The molecule has 214 valence electrons. The maximum atomic E-state index is 14.4. The molecule has 2 aromatic carbocycles. The molecule has 2 aromatic heterocycles. The van der Waals surface area contributed by atoms with E-state index >= 15 is 0 Å². The van der Waals surface area contributed by atoms with Gasteiger partial charge in [0.15, 0.2) is 5.01 Å². The van der Waals surface area contributed by atoms with E-state index in [1.54, 1.807) is 25.1 Å². The van der Waals surface area contributed by atoms with Gasteiger partial charge in [0.05, 0.1) is 18.9 Å². The van der Waals surface area contributed by atoms with Crippen molar-refractivity contribution in [3.8, 4) is 27.4 Å². The smallest absolute Gasteiger partial charge is 0.291 e. The molecule has 0 aliphatic carbocycles. The third-order valence-corrected chi connectivity index (χ3v) is 7.33. The molecular formula is C27H23ClF3N5O4S. The Morgan fingerprint density at radius 3 is 2.46 bits per heavy atom. The number of nitrogens with one attached hydrogen (secondary N) is 2. The number of hydrogen-bond acceptors (Lipinski definition) is 7. The first kappa shape index (κ1) is 29.7. The summed E-state index contributed by atoms with van der Waals surface area (Å²) >= 11 is 6.94. The molecule has 41 heavy (non-hydrogen) atoms. The predicted molar refractivity (Wildman–Crippen MR) is 149 cm³/mol. The number of halogens is 4. The van der Waals surface area contributed by atoms with Crippen molar-refractivity contribution in [2.24, 2.45) is 0 Å². The van der Waals surface area contributed by atoms with Crippen LogP contribution in [-0.2, 0) is 4.79 Å². The van der Waals surface area contributed by atoms with Crippen LogP contribution in [0, 0.1) is 5.82 Å². The van der Waals surface area contributed by atoms with E-state index in [9.17, 15) is 27.6 Å². The quantitative estimate of drug-likeness (QED) is 0.252.